The quantitative estimate of drug-likeness (QED) is 0.232. The molecule has 0 saturated heterocycles. The van der Waals surface area contributed by atoms with Gasteiger partial charge >= 0.3 is 0 Å². The number of anilines is 1. The van der Waals surface area contributed by atoms with Crippen LogP contribution < -0.4 is 30.9 Å². The molecule has 2 aromatic heterocycles. The zero-order valence-electron chi connectivity index (χ0n) is 23.4. The second kappa shape index (κ2) is 12.6. The summed E-state index contributed by atoms with van der Waals surface area (Å²) in [5.74, 6) is -1.28. The van der Waals surface area contributed by atoms with Crippen LogP contribution in [-0.2, 0) is 19.6 Å². The molecule has 0 bridgehead atoms. The maximum atomic E-state index is 14.5. The summed E-state index contributed by atoms with van der Waals surface area (Å²) in [5.41, 5.74) is 7.09. The molecule has 0 atom stereocenters. The summed E-state index contributed by atoms with van der Waals surface area (Å²) >= 11 is 0. The van der Waals surface area contributed by atoms with Gasteiger partial charge in [0.25, 0.3) is 11.5 Å². The molecule has 0 aliphatic carbocycles. The van der Waals surface area contributed by atoms with E-state index in [1.165, 1.54) is 32.5 Å². The molecule has 3 N–H and O–H groups in total. The molecular formula is C32H28F2N4O5. The number of rotatable bonds is 11. The summed E-state index contributed by atoms with van der Waals surface area (Å²) < 4.78 is 39.7. The van der Waals surface area contributed by atoms with Gasteiger partial charge in [0.2, 0.25) is 0 Å². The highest BCUT2D eigenvalue weighted by Crippen LogP contribution is 2.29. The minimum atomic E-state index is -0.983. The van der Waals surface area contributed by atoms with Crippen LogP contribution in [0.15, 0.2) is 83.8 Å². The van der Waals surface area contributed by atoms with Gasteiger partial charge in [-0.15, -0.1) is 4.73 Å². The third-order valence-corrected chi connectivity index (χ3v) is 6.84. The number of hydrogen-bond donors (Lipinski definition) is 2. The molecular weight excluding hydrogens is 558 g/mol. The van der Waals surface area contributed by atoms with Crippen molar-refractivity contribution in [1.82, 2.24) is 9.71 Å². The first-order valence-electron chi connectivity index (χ1n) is 13.2. The van der Waals surface area contributed by atoms with Crippen molar-refractivity contribution < 1.29 is 27.9 Å². The monoisotopic (exact) mass is 586 g/mol. The van der Waals surface area contributed by atoms with Gasteiger partial charge in [-0.2, -0.15) is 0 Å². The average molecular weight is 587 g/mol. The molecule has 2 heterocycles. The highest BCUT2D eigenvalue weighted by molar-refractivity contribution is 6.06. The standard InChI is InChI=1S/C32H28F2N4O5/c1-41-24-11-9-22(27(15-24)42-2)17-36-29-25-13-20(12-21-8-10-23(33)14-26(21)34)16-37-31(25)38(32(40)28(29)30(35)39)43-18-19-6-4-3-5-7-19/h3-11,13-16,36H,12,17-18H2,1-2H3,(H2,35,39). The van der Waals surface area contributed by atoms with E-state index in [2.05, 4.69) is 10.3 Å². The fourth-order valence-electron chi connectivity index (χ4n) is 4.69. The molecule has 0 unspecified atom stereocenters. The van der Waals surface area contributed by atoms with E-state index in [1.807, 2.05) is 30.3 Å². The second-order valence-corrected chi connectivity index (χ2v) is 9.63. The van der Waals surface area contributed by atoms with Gasteiger partial charge in [0.05, 0.1) is 19.9 Å². The first-order chi connectivity index (χ1) is 20.8. The van der Waals surface area contributed by atoms with Crippen molar-refractivity contribution in [3.63, 3.8) is 0 Å². The Morgan fingerprint density at radius 2 is 1.72 bits per heavy atom. The molecule has 0 aliphatic heterocycles. The van der Waals surface area contributed by atoms with Crippen LogP contribution in [0.4, 0.5) is 14.5 Å². The lowest BCUT2D eigenvalue weighted by Crippen LogP contribution is -2.35. The molecule has 5 rings (SSSR count). The van der Waals surface area contributed by atoms with E-state index in [0.29, 0.717) is 28.0 Å². The molecule has 9 nitrogen and oxygen atoms in total. The maximum absolute atomic E-state index is 14.5. The summed E-state index contributed by atoms with van der Waals surface area (Å²) in [6, 6.07) is 19.4. The van der Waals surface area contributed by atoms with Crippen LogP contribution in [-0.4, -0.2) is 29.8 Å². The number of halogens is 2. The highest BCUT2D eigenvalue weighted by Gasteiger charge is 2.24. The van der Waals surface area contributed by atoms with E-state index in [-0.39, 0.29) is 42.0 Å². The number of nitrogens with one attached hydrogen (secondary N) is 1. The number of carbonyl (C=O) groups is 1. The van der Waals surface area contributed by atoms with Gasteiger partial charge in [-0.25, -0.2) is 13.8 Å². The Balaban J connectivity index is 1.63. The third-order valence-electron chi connectivity index (χ3n) is 6.84. The van der Waals surface area contributed by atoms with E-state index in [0.717, 1.165) is 16.4 Å². The number of fused-ring (bicyclic) bond motifs is 1. The predicted molar refractivity (Wildman–Crippen MR) is 157 cm³/mol. The van der Waals surface area contributed by atoms with Crippen molar-refractivity contribution in [2.24, 2.45) is 5.73 Å². The molecule has 220 valence electrons. The number of ether oxygens (including phenoxy) is 2. The van der Waals surface area contributed by atoms with Gasteiger partial charge in [-0.1, -0.05) is 36.4 Å². The van der Waals surface area contributed by atoms with E-state index < -0.39 is 23.1 Å². The van der Waals surface area contributed by atoms with E-state index in [9.17, 15) is 18.4 Å². The SMILES string of the molecule is COc1ccc(CNc2c(C(N)=O)c(=O)n(OCc3ccccc3)c3ncc(Cc4ccc(F)cc4F)cc23)c(OC)c1. The Hall–Kier alpha value is -5.45. The molecule has 0 saturated carbocycles. The number of amides is 1. The minimum absolute atomic E-state index is 0.00803. The van der Waals surface area contributed by atoms with Crippen LogP contribution in [0.1, 0.15) is 32.6 Å². The number of carbonyl (C=O) groups excluding carboxylic acids is 1. The topological polar surface area (TPSA) is 118 Å². The number of nitrogens with two attached hydrogens (primary N) is 1. The Morgan fingerprint density at radius 1 is 0.953 bits per heavy atom. The Bertz CT molecular complexity index is 1860. The average Bonchev–Trinajstić information content (AvgIpc) is 3.01. The Labute approximate surface area is 245 Å². The second-order valence-electron chi connectivity index (χ2n) is 9.63. The van der Waals surface area contributed by atoms with Crippen LogP contribution >= 0.6 is 0 Å². The number of hydrogen-bond acceptors (Lipinski definition) is 7. The smallest absolute Gasteiger partial charge is 0.300 e. The lowest BCUT2D eigenvalue weighted by Gasteiger charge is -2.19. The molecule has 1 amide bonds. The molecule has 0 spiro atoms. The summed E-state index contributed by atoms with van der Waals surface area (Å²) in [5, 5.41) is 3.49. The summed E-state index contributed by atoms with van der Waals surface area (Å²) in [6.45, 7) is 0.141. The fraction of sp³-hybridized carbons (Fsp3) is 0.156. The number of pyridine rings is 2. The molecule has 0 radical (unpaired) electrons. The fourth-order valence-corrected chi connectivity index (χ4v) is 4.69. The van der Waals surface area contributed by atoms with E-state index >= 15 is 0 Å². The lowest BCUT2D eigenvalue weighted by molar-refractivity contribution is 0.0925. The lowest BCUT2D eigenvalue weighted by atomic mass is 10.0. The molecule has 43 heavy (non-hydrogen) atoms. The van der Waals surface area contributed by atoms with Crippen LogP contribution in [0.25, 0.3) is 11.0 Å². The van der Waals surface area contributed by atoms with E-state index in [1.54, 1.807) is 24.3 Å². The van der Waals surface area contributed by atoms with Crippen molar-refractivity contribution in [2.75, 3.05) is 19.5 Å². The molecule has 3 aromatic carbocycles. The summed E-state index contributed by atoms with van der Waals surface area (Å²) in [4.78, 5) is 36.8. The third kappa shape index (κ3) is 6.25. The minimum Gasteiger partial charge on any atom is -0.497 e. The van der Waals surface area contributed by atoms with Crippen LogP contribution in [0.5, 0.6) is 11.5 Å². The Kier molecular flexibility index (Phi) is 8.51. The van der Waals surface area contributed by atoms with Crippen LogP contribution in [0.3, 0.4) is 0 Å². The van der Waals surface area contributed by atoms with Gasteiger partial charge in [0, 0.05) is 42.2 Å². The Morgan fingerprint density at radius 3 is 2.42 bits per heavy atom. The molecule has 11 heteroatoms. The molecule has 5 aromatic rings. The summed E-state index contributed by atoms with van der Waals surface area (Å²) in [6.07, 6.45) is 1.53. The van der Waals surface area contributed by atoms with Gasteiger partial charge in [0.15, 0.2) is 5.65 Å². The van der Waals surface area contributed by atoms with E-state index in [4.69, 9.17) is 20.0 Å². The van der Waals surface area contributed by atoms with Crippen molar-refractivity contribution in [2.45, 2.75) is 19.6 Å². The van der Waals surface area contributed by atoms with Gasteiger partial charge < -0.3 is 25.4 Å². The zero-order chi connectivity index (χ0) is 30.5. The maximum Gasteiger partial charge on any atom is 0.300 e. The number of primary amides is 1. The highest BCUT2D eigenvalue weighted by atomic mass is 19.1. The van der Waals surface area contributed by atoms with Gasteiger partial charge in [-0.05, 0) is 41.0 Å². The predicted octanol–water partition coefficient (Wildman–Crippen LogP) is 4.62. The summed E-state index contributed by atoms with van der Waals surface area (Å²) in [7, 11) is 3.05. The molecule has 0 fully saturated rings. The number of benzene rings is 3. The number of aromatic nitrogens is 2. The van der Waals surface area contributed by atoms with Crippen molar-refractivity contribution >= 4 is 22.6 Å². The van der Waals surface area contributed by atoms with Crippen LogP contribution in [0.2, 0.25) is 0 Å². The normalized spacial score (nSPS) is 10.9. The van der Waals surface area contributed by atoms with Gasteiger partial charge in [-0.3, -0.25) is 9.59 Å². The van der Waals surface area contributed by atoms with Crippen molar-refractivity contribution in [3.05, 3.63) is 129 Å². The number of methoxy groups -OCH3 is 2. The van der Waals surface area contributed by atoms with Gasteiger partial charge in [0.1, 0.15) is 35.3 Å². The van der Waals surface area contributed by atoms with Crippen molar-refractivity contribution in [3.8, 4) is 11.5 Å². The molecule has 0 aliphatic rings. The first kappa shape index (κ1) is 29.1. The number of nitrogens with zero attached hydrogens (tertiary/aromatic N) is 2. The first-order valence-corrected chi connectivity index (χ1v) is 13.2. The zero-order valence-corrected chi connectivity index (χ0v) is 23.4. The van der Waals surface area contributed by atoms with Crippen molar-refractivity contribution in [1.29, 1.82) is 0 Å². The largest absolute Gasteiger partial charge is 0.497 e. The van der Waals surface area contributed by atoms with Crippen LogP contribution in [0, 0.1) is 11.6 Å².